The van der Waals surface area contributed by atoms with Crippen LogP contribution in [0, 0.1) is 0 Å². The van der Waals surface area contributed by atoms with Crippen molar-refractivity contribution in [2.24, 2.45) is 0 Å². The van der Waals surface area contributed by atoms with Crippen LogP contribution in [0.4, 0.5) is 0 Å². The zero-order chi connectivity index (χ0) is 24.8. The van der Waals surface area contributed by atoms with Crippen molar-refractivity contribution in [3.63, 3.8) is 0 Å². The summed E-state index contributed by atoms with van der Waals surface area (Å²) in [5.74, 6) is 0.373. The normalized spacial score (nSPS) is 27.0. The first-order chi connectivity index (χ1) is 17.5. The zero-order valence-corrected chi connectivity index (χ0v) is 20.7. The number of carbonyl (C=O) groups is 3. The van der Waals surface area contributed by atoms with Gasteiger partial charge in [0.1, 0.15) is 17.9 Å². The number of fused-ring (bicyclic) bond motifs is 1. The predicted molar refractivity (Wildman–Crippen MR) is 133 cm³/mol. The topological polar surface area (TPSA) is 91.8 Å². The van der Waals surface area contributed by atoms with E-state index in [0.29, 0.717) is 35.5 Å². The Morgan fingerprint density at radius 3 is 2.67 bits per heavy atom. The fourth-order valence-corrected chi connectivity index (χ4v) is 6.26. The largest absolute Gasteiger partial charge is 0.489 e. The number of nitrogens with one attached hydrogen (secondary N) is 1. The first-order valence-corrected chi connectivity index (χ1v) is 13.1. The standard InChI is InChI=1S/C27H29ClN4O4/c28-19-9-16(11-29-12-19)18-13-31(14-18)22-3-1-2-4-24(22)36-20-5-6-21-17(10-20)15-32(27(21)35)23-7-8-25(33)30-26(23)34/h5-6,9-12,18,22-24H,1-4,7-8,13-15H2,(H,30,33,34)/t22-,23-,24+/m1/s1. The van der Waals surface area contributed by atoms with Crippen LogP contribution in [0.15, 0.2) is 36.7 Å². The zero-order valence-electron chi connectivity index (χ0n) is 20.0. The van der Waals surface area contributed by atoms with Crippen LogP contribution in [0.2, 0.25) is 5.02 Å². The summed E-state index contributed by atoms with van der Waals surface area (Å²) in [4.78, 5) is 45.1. The first-order valence-electron chi connectivity index (χ1n) is 12.7. The summed E-state index contributed by atoms with van der Waals surface area (Å²) >= 11 is 6.13. The Balaban J connectivity index is 1.12. The molecule has 1 aromatic carbocycles. The highest BCUT2D eigenvalue weighted by atomic mass is 35.5. The van der Waals surface area contributed by atoms with Crippen molar-refractivity contribution in [3.8, 4) is 5.75 Å². The van der Waals surface area contributed by atoms with Gasteiger partial charge in [-0.1, -0.05) is 18.0 Å². The van der Waals surface area contributed by atoms with Crippen LogP contribution in [0.1, 0.15) is 65.9 Å². The molecule has 1 aromatic heterocycles. The van der Waals surface area contributed by atoms with Crippen molar-refractivity contribution in [1.82, 2.24) is 20.1 Å². The highest BCUT2D eigenvalue weighted by Crippen LogP contribution is 2.37. The number of carbonyl (C=O) groups excluding carboxylic acids is 3. The number of pyridine rings is 1. The van der Waals surface area contributed by atoms with E-state index in [1.807, 2.05) is 30.5 Å². The van der Waals surface area contributed by atoms with Gasteiger partial charge in [0.2, 0.25) is 11.8 Å². The van der Waals surface area contributed by atoms with E-state index in [1.165, 1.54) is 12.0 Å². The summed E-state index contributed by atoms with van der Waals surface area (Å²) in [5, 5.41) is 3.03. The number of benzene rings is 1. The van der Waals surface area contributed by atoms with E-state index in [1.54, 1.807) is 11.1 Å². The van der Waals surface area contributed by atoms with E-state index in [0.717, 1.165) is 43.7 Å². The van der Waals surface area contributed by atoms with Crippen molar-refractivity contribution in [2.45, 2.75) is 69.2 Å². The van der Waals surface area contributed by atoms with Gasteiger partial charge in [-0.25, -0.2) is 0 Å². The predicted octanol–water partition coefficient (Wildman–Crippen LogP) is 3.29. The summed E-state index contributed by atoms with van der Waals surface area (Å²) in [6.07, 6.45) is 8.74. The third kappa shape index (κ3) is 4.37. The van der Waals surface area contributed by atoms with Gasteiger partial charge in [-0.05, 0) is 61.1 Å². The van der Waals surface area contributed by atoms with Gasteiger partial charge in [0.15, 0.2) is 0 Å². The van der Waals surface area contributed by atoms with Crippen LogP contribution in [-0.2, 0) is 16.1 Å². The van der Waals surface area contributed by atoms with E-state index in [4.69, 9.17) is 16.3 Å². The summed E-state index contributed by atoms with van der Waals surface area (Å²) < 4.78 is 6.53. The highest BCUT2D eigenvalue weighted by molar-refractivity contribution is 6.30. The van der Waals surface area contributed by atoms with Crippen LogP contribution in [0.25, 0.3) is 0 Å². The molecule has 6 rings (SSSR count). The van der Waals surface area contributed by atoms with E-state index in [2.05, 4.69) is 15.2 Å². The molecule has 36 heavy (non-hydrogen) atoms. The molecule has 0 spiro atoms. The Hall–Kier alpha value is -2.97. The first kappa shape index (κ1) is 23.4. The van der Waals surface area contributed by atoms with Crippen molar-refractivity contribution >= 4 is 29.3 Å². The quantitative estimate of drug-likeness (QED) is 0.623. The number of amides is 3. The van der Waals surface area contributed by atoms with Gasteiger partial charge in [-0.15, -0.1) is 0 Å². The molecule has 3 atom stereocenters. The number of halogens is 1. The van der Waals surface area contributed by atoms with E-state index >= 15 is 0 Å². The average Bonchev–Trinajstić information content (AvgIpc) is 3.15. The van der Waals surface area contributed by atoms with Crippen molar-refractivity contribution in [1.29, 1.82) is 0 Å². The number of piperidine rings is 1. The monoisotopic (exact) mass is 508 g/mol. The Morgan fingerprint density at radius 1 is 1.03 bits per heavy atom. The average molecular weight is 509 g/mol. The van der Waals surface area contributed by atoms with Crippen molar-refractivity contribution in [2.75, 3.05) is 13.1 Å². The molecule has 1 saturated carbocycles. The number of aromatic nitrogens is 1. The molecule has 9 heteroatoms. The second-order valence-corrected chi connectivity index (χ2v) is 10.8. The lowest BCUT2D eigenvalue weighted by Crippen LogP contribution is -2.57. The molecule has 1 aliphatic carbocycles. The lowest BCUT2D eigenvalue weighted by molar-refractivity contribution is -0.136. The maximum Gasteiger partial charge on any atom is 0.255 e. The summed E-state index contributed by atoms with van der Waals surface area (Å²) in [6, 6.07) is 7.38. The molecule has 4 aliphatic rings. The highest BCUT2D eigenvalue weighted by Gasteiger charge is 2.41. The van der Waals surface area contributed by atoms with Gasteiger partial charge in [0.05, 0.1) is 5.02 Å². The number of hydrogen-bond acceptors (Lipinski definition) is 6. The molecule has 0 bridgehead atoms. The van der Waals surface area contributed by atoms with Crippen LogP contribution in [0.3, 0.4) is 0 Å². The maximum absolute atomic E-state index is 13.0. The van der Waals surface area contributed by atoms with Crippen molar-refractivity contribution < 1.29 is 19.1 Å². The second kappa shape index (κ2) is 9.48. The number of hydrogen-bond donors (Lipinski definition) is 1. The Morgan fingerprint density at radius 2 is 1.86 bits per heavy atom. The van der Waals surface area contributed by atoms with Crippen LogP contribution < -0.4 is 10.1 Å². The molecule has 1 N–H and O–H groups in total. The molecule has 2 saturated heterocycles. The molecule has 188 valence electrons. The van der Waals surface area contributed by atoms with Gasteiger partial charge in [-0.3, -0.25) is 29.6 Å². The van der Waals surface area contributed by atoms with Gasteiger partial charge < -0.3 is 9.64 Å². The third-order valence-corrected chi connectivity index (χ3v) is 8.23. The molecule has 4 heterocycles. The Labute approximate surface area is 214 Å². The maximum atomic E-state index is 13.0. The summed E-state index contributed by atoms with van der Waals surface area (Å²) in [6.45, 7) is 2.31. The molecular weight excluding hydrogens is 480 g/mol. The number of nitrogens with zero attached hydrogens (tertiary/aromatic N) is 3. The lowest BCUT2D eigenvalue weighted by atomic mass is 9.85. The molecular formula is C27H29ClN4O4. The minimum absolute atomic E-state index is 0.0959. The van der Waals surface area contributed by atoms with E-state index in [9.17, 15) is 14.4 Å². The van der Waals surface area contributed by atoms with E-state index in [-0.39, 0.29) is 24.3 Å². The number of imide groups is 1. The smallest absolute Gasteiger partial charge is 0.255 e. The Kier molecular flexibility index (Phi) is 6.17. The fraction of sp³-hybridized carbons (Fsp3) is 0.481. The molecule has 8 nitrogen and oxygen atoms in total. The lowest BCUT2D eigenvalue weighted by Gasteiger charge is -2.48. The molecule has 3 amide bonds. The van der Waals surface area contributed by atoms with Gasteiger partial charge >= 0.3 is 0 Å². The fourth-order valence-electron chi connectivity index (χ4n) is 6.08. The molecule has 0 unspecified atom stereocenters. The van der Waals surface area contributed by atoms with Gasteiger partial charge in [0, 0.05) is 56.0 Å². The number of likely N-dealkylation sites (tertiary alicyclic amines) is 1. The summed E-state index contributed by atoms with van der Waals surface area (Å²) in [5.41, 5.74) is 2.66. The Bertz CT molecular complexity index is 1210. The molecule has 0 radical (unpaired) electrons. The minimum atomic E-state index is -0.608. The SMILES string of the molecule is O=C1CC[C@@H](N2Cc3cc(O[C@H]4CCCC[C@H]4N4CC(c5cncc(Cl)c5)C4)ccc3C2=O)C(=O)N1. The summed E-state index contributed by atoms with van der Waals surface area (Å²) in [7, 11) is 0. The molecule has 2 aromatic rings. The van der Waals surface area contributed by atoms with Crippen LogP contribution in [-0.4, -0.2) is 63.8 Å². The van der Waals surface area contributed by atoms with Crippen molar-refractivity contribution in [3.05, 3.63) is 58.4 Å². The third-order valence-electron chi connectivity index (χ3n) is 8.03. The number of rotatable bonds is 5. The minimum Gasteiger partial charge on any atom is -0.489 e. The van der Waals surface area contributed by atoms with Gasteiger partial charge in [-0.2, -0.15) is 0 Å². The molecule has 3 aliphatic heterocycles. The van der Waals surface area contributed by atoms with Crippen LogP contribution >= 0.6 is 11.6 Å². The van der Waals surface area contributed by atoms with Gasteiger partial charge in [0.25, 0.3) is 5.91 Å². The number of ether oxygens (including phenoxy) is 1. The van der Waals surface area contributed by atoms with E-state index < -0.39 is 11.9 Å². The van der Waals surface area contributed by atoms with Crippen LogP contribution in [0.5, 0.6) is 5.75 Å². The molecule has 3 fully saturated rings. The second-order valence-electron chi connectivity index (χ2n) is 10.3.